The van der Waals surface area contributed by atoms with Crippen molar-refractivity contribution >= 4 is 27.7 Å². The van der Waals surface area contributed by atoms with E-state index in [4.69, 9.17) is 5.26 Å². The monoisotopic (exact) mass is 313 g/mol. The molecule has 0 spiro atoms. The number of nitriles is 1. The zero-order chi connectivity index (χ0) is 12.7. The topological polar surface area (TPSA) is 48.7 Å². The summed E-state index contributed by atoms with van der Waals surface area (Å²) in [5, 5.41) is 13.1. The highest BCUT2D eigenvalue weighted by atomic mass is 79.9. The summed E-state index contributed by atoms with van der Waals surface area (Å²) in [6.45, 7) is 1.92. The molecule has 92 valence electrons. The molecule has 3 nitrogen and oxygen atoms in total. The van der Waals surface area contributed by atoms with Crippen LogP contribution in [-0.4, -0.2) is 23.3 Å². The quantitative estimate of drug-likeness (QED) is 0.647. The van der Waals surface area contributed by atoms with E-state index in [0.717, 1.165) is 28.1 Å². The fourth-order valence-electron chi connectivity index (χ4n) is 1.31. The van der Waals surface area contributed by atoms with Crippen LogP contribution in [0.1, 0.15) is 19.8 Å². The second-order valence-corrected chi connectivity index (χ2v) is 5.87. The molecule has 0 radical (unpaired) electrons. The second kappa shape index (κ2) is 7.00. The molecule has 1 aromatic heterocycles. The third-order valence-corrected chi connectivity index (χ3v) is 4.58. The molecule has 5 heteroatoms. The van der Waals surface area contributed by atoms with Gasteiger partial charge in [0.1, 0.15) is 10.6 Å². The Morgan fingerprint density at radius 3 is 3.00 bits per heavy atom. The van der Waals surface area contributed by atoms with E-state index in [1.54, 1.807) is 18.0 Å². The average molecular weight is 314 g/mol. The van der Waals surface area contributed by atoms with Crippen LogP contribution < -0.4 is 5.32 Å². The van der Waals surface area contributed by atoms with Crippen LogP contribution in [-0.2, 0) is 0 Å². The van der Waals surface area contributed by atoms with Crippen LogP contribution in [0.3, 0.4) is 0 Å². The van der Waals surface area contributed by atoms with E-state index >= 15 is 0 Å². The summed E-state index contributed by atoms with van der Waals surface area (Å²) in [4.78, 5) is 4.29. The number of nitrogens with zero attached hydrogens (tertiary/aromatic N) is 2. The summed E-state index contributed by atoms with van der Waals surface area (Å²) in [6.07, 6.45) is 3.62. The van der Waals surface area contributed by atoms with E-state index in [-0.39, 0.29) is 0 Å². The van der Waals surface area contributed by atoms with Crippen LogP contribution in [0.5, 0.6) is 0 Å². The normalized spacial score (nSPS) is 14.0. The van der Waals surface area contributed by atoms with E-state index < -0.39 is 5.54 Å². The molecule has 0 aromatic carbocycles. The third kappa shape index (κ3) is 4.66. The van der Waals surface area contributed by atoms with E-state index in [2.05, 4.69) is 32.3 Å². The minimum absolute atomic E-state index is 0.415. The van der Waals surface area contributed by atoms with Crippen molar-refractivity contribution in [1.82, 2.24) is 10.3 Å². The smallest absolute Gasteiger partial charge is 0.110 e. The van der Waals surface area contributed by atoms with E-state index in [0.29, 0.717) is 0 Å². The highest BCUT2D eigenvalue weighted by Gasteiger charge is 2.19. The van der Waals surface area contributed by atoms with Crippen molar-refractivity contribution in [2.24, 2.45) is 0 Å². The van der Waals surface area contributed by atoms with Crippen molar-refractivity contribution in [3.05, 3.63) is 22.8 Å². The zero-order valence-corrected chi connectivity index (χ0v) is 12.4. The maximum Gasteiger partial charge on any atom is 0.110 e. The van der Waals surface area contributed by atoms with Gasteiger partial charge in [-0.05, 0) is 60.6 Å². The van der Waals surface area contributed by atoms with Crippen molar-refractivity contribution in [2.75, 3.05) is 12.8 Å². The first-order chi connectivity index (χ1) is 8.11. The average Bonchev–Trinajstić information content (AvgIpc) is 2.36. The van der Waals surface area contributed by atoms with E-state index in [1.165, 1.54) is 0 Å². The summed E-state index contributed by atoms with van der Waals surface area (Å²) in [5.41, 5.74) is -0.415. The lowest BCUT2D eigenvalue weighted by molar-refractivity contribution is 0.451. The van der Waals surface area contributed by atoms with Gasteiger partial charge in [0.25, 0.3) is 0 Å². The Bertz CT molecular complexity index is 405. The van der Waals surface area contributed by atoms with Gasteiger partial charge in [0, 0.05) is 10.7 Å². The zero-order valence-electron chi connectivity index (χ0n) is 10.0. The molecule has 1 heterocycles. The highest BCUT2D eigenvalue weighted by Crippen LogP contribution is 2.26. The maximum atomic E-state index is 9.01. The molecule has 1 rings (SSSR count). The first-order valence-electron chi connectivity index (χ1n) is 5.45. The molecule has 0 saturated heterocycles. The van der Waals surface area contributed by atoms with Crippen LogP contribution >= 0.6 is 27.7 Å². The summed E-state index contributed by atoms with van der Waals surface area (Å²) >= 11 is 5.18. The van der Waals surface area contributed by atoms with Gasteiger partial charge in [-0.15, -0.1) is 11.8 Å². The van der Waals surface area contributed by atoms with E-state index in [1.807, 2.05) is 26.1 Å². The molecular formula is C12H16BrN3S. The summed E-state index contributed by atoms with van der Waals surface area (Å²) in [6, 6.07) is 6.19. The fraction of sp³-hybridized carbons (Fsp3) is 0.500. The van der Waals surface area contributed by atoms with Crippen LogP contribution in [0.15, 0.2) is 27.8 Å². The number of pyridine rings is 1. The van der Waals surface area contributed by atoms with E-state index in [9.17, 15) is 0 Å². The Balaban J connectivity index is 2.35. The summed E-state index contributed by atoms with van der Waals surface area (Å²) < 4.78 is 1.03. The van der Waals surface area contributed by atoms with Crippen molar-refractivity contribution in [3.63, 3.8) is 0 Å². The Morgan fingerprint density at radius 2 is 2.41 bits per heavy atom. The predicted octanol–water partition coefficient (Wildman–Crippen LogP) is 3.22. The van der Waals surface area contributed by atoms with Crippen LogP contribution in [0.25, 0.3) is 0 Å². The minimum Gasteiger partial charge on any atom is -0.303 e. The molecule has 1 unspecified atom stereocenters. The maximum absolute atomic E-state index is 9.01. The Morgan fingerprint density at radius 1 is 1.65 bits per heavy atom. The minimum atomic E-state index is -0.415. The van der Waals surface area contributed by atoms with Gasteiger partial charge in [-0.1, -0.05) is 0 Å². The van der Waals surface area contributed by atoms with Gasteiger partial charge >= 0.3 is 0 Å². The summed E-state index contributed by atoms with van der Waals surface area (Å²) in [5.74, 6) is 0.967. The summed E-state index contributed by atoms with van der Waals surface area (Å²) in [7, 11) is 1.83. The largest absolute Gasteiger partial charge is 0.303 e. The molecular weight excluding hydrogens is 298 g/mol. The van der Waals surface area contributed by atoms with Gasteiger partial charge in [0.15, 0.2) is 0 Å². The number of aromatic nitrogens is 1. The van der Waals surface area contributed by atoms with Gasteiger partial charge in [0.05, 0.1) is 6.07 Å². The van der Waals surface area contributed by atoms with Crippen LogP contribution in [0, 0.1) is 11.3 Å². The number of thioether (sulfide) groups is 1. The number of halogens is 1. The van der Waals surface area contributed by atoms with Crippen molar-refractivity contribution in [2.45, 2.75) is 30.3 Å². The molecule has 0 aliphatic carbocycles. The third-order valence-electron chi connectivity index (χ3n) is 2.58. The predicted molar refractivity (Wildman–Crippen MR) is 75.0 cm³/mol. The van der Waals surface area contributed by atoms with Gasteiger partial charge in [-0.3, -0.25) is 0 Å². The van der Waals surface area contributed by atoms with Gasteiger partial charge < -0.3 is 5.32 Å². The van der Waals surface area contributed by atoms with Gasteiger partial charge in [-0.2, -0.15) is 5.26 Å². The first kappa shape index (κ1) is 14.5. The number of nitrogens with one attached hydrogen (secondary N) is 1. The molecule has 1 atom stereocenters. The molecule has 1 aromatic rings. The van der Waals surface area contributed by atoms with Crippen molar-refractivity contribution < 1.29 is 0 Å². The standard InChI is InChI=1S/C12H16BrN3S/c1-12(9-14,15-2)6-4-8-17-11-10(13)5-3-7-16-11/h3,5,7,15H,4,6,8H2,1-2H3. The molecule has 0 saturated carbocycles. The molecule has 0 aliphatic heterocycles. The van der Waals surface area contributed by atoms with Crippen LogP contribution in [0.4, 0.5) is 0 Å². The molecule has 0 amide bonds. The van der Waals surface area contributed by atoms with Gasteiger partial charge in [-0.25, -0.2) is 4.98 Å². The highest BCUT2D eigenvalue weighted by molar-refractivity contribution is 9.10. The first-order valence-corrected chi connectivity index (χ1v) is 7.22. The number of hydrogen-bond donors (Lipinski definition) is 1. The lowest BCUT2D eigenvalue weighted by atomic mass is 9.99. The number of hydrogen-bond acceptors (Lipinski definition) is 4. The Hall–Kier alpha value is -0.570. The lowest BCUT2D eigenvalue weighted by Gasteiger charge is -2.20. The van der Waals surface area contributed by atoms with Crippen LogP contribution in [0.2, 0.25) is 0 Å². The van der Waals surface area contributed by atoms with Crippen molar-refractivity contribution in [1.29, 1.82) is 5.26 Å². The van der Waals surface area contributed by atoms with Crippen molar-refractivity contribution in [3.8, 4) is 6.07 Å². The molecule has 0 fully saturated rings. The molecule has 0 bridgehead atoms. The Kier molecular flexibility index (Phi) is 5.96. The fourth-order valence-corrected chi connectivity index (χ4v) is 2.73. The number of rotatable bonds is 6. The second-order valence-electron chi connectivity index (χ2n) is 3.94. The lowest BCUT2D eigenvalue weighted by Crippen LogP contribution is -2.37. The molecule has 17 heavy (non-hydrogen) atoms. The molecule has 0 aliphatic rings. The Labute approximate surface area is 115 Å². The molecule has 1 N–H and O–H groups in total. The van der Waals surface area contributed by atoms with Gasteiger partial charge in [0.2, 0.25) is 0 Å². The SMILES string of the molecule is CNC(C)(C#N)CCCSc1ncccc1Br.